The van der Waals surface area contributed by atoms with Gasteiger partial charge in [0.1, 0.15) is 17.9 Å². The van der Waals surface area contributed by atoms with E-state index in [2.05, 4.69) is 6.92 Å². The van der Waals surface area contributed by atoms with Crippen LogP contribution in [0, 0.1) is 22.7 Å². The summed E-state index contributed by atoms with van der Waals surface area (Å²) in [4.78, 5) is 0. The summed E-state index contributed by atoms with van der Waals surface area (Å²) in [5.41, 5.74) is 0.767. The number of rotatable bonds is 7. The van der Waals surface area contributed by atoms with E-state index in [1.54, 1.807) is 18.2 Å². The van der Waals surface area contributed by atoms with Crippen molar-refractivity contribution in [2.24, 2.45) is 0 Å². The van der Waals surface area contributed by atoms with E-state index < -0.39 is 0 Å². The molecule has 0 saturated carbocycles. The molecule has 3 heteroatoms. The molecular formula is C16H20N2O. The predicted molar refractivity (Wildman–Crippen MR) is 74.7 cm³/mol. The average Bonchev–Trinajstić information content (AvgIpc) is 2.43. The molecule has 0 heterocycles. The maximum absolute atomic E-state index is 8.95. The Labute approximate surface area is 115 Å². The second-order valence-corrected chi connectivity index (χ2v) is 4.71. The van der Waals surface area contributed by atoms with Gasteiger partial charge in [0, 0.05) is 0 Å². The molecule has 0 amide bonds. The van der Waals surface area contributed by atoms with Gasteiger partial charge in [-0.3, -0.25) is 0 Å². The minimum atomic E-state index is 0.135. The van der Waals surface area contributed by atoms with Gasteiger partial charge >= 0.3 is 0 Å². The van der Waals surface area contributed by atoms with E-state index in [0.29, 0.717) is 16.9 Å². The molecule has 100 valence electrons. The molecule has 0 aliphatic carbocycles. The highest BCUT2D eigenvalue weighted by atomic mass is 16.5. The summed E-state index contributed by atoms with van der Waals surface area (Å²) in [5.74, 6) is 0.665. The molecule has 1 rings (SSSR count). The van der Waals surface area contributed by atoms with E-state index in [1.165, 1.54) is 19.3 Å². The number of unbranched alkanes of at least 4 members (excludes halogenated alkanes) is 3. The molecule has 0 radical (unpaired) electrons. The Hall–Kier alpha value is -2.00. The quantitative estimate of drug-likeness (QED) is 0.688. The van der Waals surface area contributed by atoms with Crippen LogP contribution in [0.25, 0.3) is 0 Å². The average molecular weight is 256 g/mol. The third-order valence-electron chi connectivity index (χ3n) is 3.03. The van der Waals surface area contributed by atoms with Crippen molar-refractivity contribution >= 4 is 0 Å². The topological polar surface area (TPSA) is 56.8 Å². The van der Waals surface area contributed by atoms with Crippen molar-refractivity contribution in [2.45, 2.75) is 52.1 Å². The van der Waals surface area contributed by atoms with Gasteiger partial charge < -0.3 is 4.74 Å². The highest BCUT2D eigenvalue weighted by molar-refractivity contribution is 5.49. The van der Waals surface area contributed by atoms with Crippen LogP contribution in [-0.4, -0.2) is 6.10 Å². The minimum Gasteiger partial charge on any atom is -0.491 e. The van der Waals surface area contributed by atoms with Crippen LogP contribution in [0.3, 0.4) is 0 Å². The molecule has 3 nitrogen and oxygen atoms in total. The lowest BCUT2D eigenvalue weighted by Crippen LogP contribution is -2.11. The van der Waals surface area contributed by atoms with Crippen LogP contribution < -0.4 is 4.74 Å². The molecule has 0 aliphatic heterocycles. The molecule has 1 aromatic rings. The van der Waals surface area contributed by atoms with Gasteiger partial charge in [-0.15, -0.1) is 0 Å². The molecule has 0 spiro atoms. The van der Waals surface area contributed by atoms with Crippen molar-refractivity contribution in [3.05, 3.63) is 29.3 Å². The lowest BCUT2D eigenvalue weighted by Gasteiger charge is -2.14. The standard InChI is InChI=1S/C16H20N2O/c1-3-4-5-6-7-13(2)19-16-9-8-14(11-17)15(10-16)12-18/h8-10,13H,3-7H2,1-2H3/t13-/m0/s1. The maximum Gasteiger partial charge on any atom is 0.121 e. The molecule has 0 aliphatic rings. The zero-order valence-corrected chi connectivity index (χ0v) is 11.6. The Morgan fingerprint density at radius 2 is 1.84 bits per heavy atom. The Morgan fingerprint density at radius 3 is 2.47 bits per heavy atom. The summed E-state index contributed by atoms with van der Waals surface area (Å²) in [6, 6.07) is 9.04. The van der Waals surface area contributed by atoms with Gasteiger partial charge in [-0.05, 0) is 38.0 Å². The largest absolute Gasteiger partial charge is 0.491 e. The van der Waals surface area contributed by atoms with E-state index >= 15 is 0 Å². The molecular weight excluding hydrogens is 236 g/mol. The van der Waals surface area contributed by atoms with E-state index in [-0.39, 0.29) is 6.10 Å². The van der Waals surface area contributed by atoms with Crippen molar-refractivity contribution in [2.75, 3.05) is 0 Å². The molecule has 0 saturated heterocycles. The smallest absolute Gasteiger partial charge is 0.121 e. The number of nitriles is 2. The summed E-state index contributed by atoms with van der Waals surface area (Å²) in [6.45, 7) is 4.23. The summed E-state index contributed by atoms with van der Waals surface area (Å²) < 4.78 is 5.78. The van der Waals surface area contributed by atoms with E-state index in [9.17, 15) is 0 Å². The molecule has 0 aromatic heterocycles. The van der Waals surface area contributed by atoms with Gasteiger partial charge in [-0.2, -0.15) is 10.5 Å². The molecule has 0 bridgehead atoms. The van der Waals surface area contributed by atoms with E-state index in [0.717, 1.165) is 12.8 Å². The fourth-order valence-corrected chi connectivity index (χ4v) is 1.94. The maximum atomic E-state index is 8.95. The van der Waals surface area contributed by atoms with Crippen LogP contribution >= 0.6 is 0 Å². The third-order valence-corrected chi connectivity index (χ3v) is 3.03. The van der Waals surface area contributed by atoms with Crippen LogP contribution in [0.1, 0.15) is 57.1 Å². The molecule has 1 aromatic carbocycles. The fourth-order valence-electron chi connectivity index (χ4n) is 1.94. The van der Waals surface area contributed by atoms with Crippen LogP contribution in [0.4, 0.5) is 0 Å². The summed E-state index contributed by atoms with van der Waals surface area (Å²) >= 11 is 0. The van der Waals surface area contributed by atoms with E-state index in [4.69, 9.17) is 15.3 Å². The zero-order chi connectivity index (χ0) is 14.1. The van der Waals surface area contributed by atoms with Crippen LogP contribution in [-0.2, 0) is 0 Å². The highest BCUT2D eigenvalue weighted by Crippen LogP contribution is 2.19. The number of hydrogen-bond donors (Lipinski definition) is 0. The molecule has 0 fully saturated rings. The lowest BCUT2D eigenvalue weighted by molar-refractivity contribution is 0.206. The SMILES string of the molecule is CCCCCC[C@H](C)Oc1ccc(C#N)c(C#N)c1. The number of benzene rings is 1. The first-order chi connectivity index (χ1) is 9.21. The highest BCUT2D eigenvalue weighted by Gasteiger charge is 2.07. The van der Waals surface area contributed by atoms with Crippen LogP contribution in [0.2, 0.25) is 0 Å². The Kier molecular flexibility index (Phi) is 6.47. The summed E-state index contributed by atoms with van der Waals surface area (Å²) in [7, 11) is 0. The number of nitrogens with zero attached hydrogens (tertiary/aromatic N) is 2. The van der Waals surface area contributed by atoms with Gasteiger partial charge in [-0.1, -0.05) is 26.2 Å². The molecule has 1 atom stereocenters. The first-order valence-electron chi connectivity index (χ1n) is 6.82. The van der Waals surface area contributed by atoms with Crippen molar-refractivity contribution in [3.8, 4) is 17.9 Å². The summed E-state index contributed by atoms with van der Waals surface area (Å²) in [6.07, 6.45) is 6.05. The Morgan fingerprint density at radius 1 is 1.11 bits per heavy atom. The van der Waals surface area contributed by atoms with Gasteiger partial charge in [0.05, 0.1) is 17.2 Å². The van der Waals surface area contributed by atoms with Crippen molar-refractivity contribution in [3.63, 3.8) is 0 Å². The Bertz CT molecular complexity index is 483. The minimum absolute atomic E-state index is 0.135. The van der Waals surface area contributed by atoms with Gasteiger partial charge in [-0.25, -0.2) is 0 Å². The second-order valence-electron chi connectivity index (χ2n) is 4.71. The second kappa shape index (κ2) is 8.16. The number of hydrogen-bond acceptors (Lipinski definition) is 3. The van der Waals surface area contributed by atoms with Gasteiger partial charge in [0.25, 0.3) is 0 Å². The Balaban J connectivity index is 2.53. The van der Waals surface area contributed by atoms with Gasteiger partial charge in [0.2, 0.25) is 0 Å². The molecule has 0 N–H and O–H groups in total. The molecule has 19 heavy (non-hydrogen) atoms. The van der Waals surface area contributed by atoms with Gasteiger partial charge in [0.15, 0.2) is 0 Å². The fraction of sp³-hybridized carbons (Fsp3) is 0.500. The van der Waals surface area contributed by atoms with E-state index in [1.807, 2.05) is 19.1 Å². The third kappa shape index (κ3) is 5.02. The molecule has 0 unspecified atom stereocenters. The van der Waals surface area contributed by atoms with Crippen LogP contribution in [0.5, 0.6) is 5.75 Å². The first kappa shape index (κ1) is 15.1. The number of ether oxygens (including phenoxy) is 1. The van der Waals surface area contributed by atoms with Crippen molar-refractivity contribution in [1.29, 1.82) is 10.5 Å². The monoisotopic (exact) mass is 256 g/mol. The van der Waals surface area contributed by atoms with Crippen LogP contribution in [0.15, 0.2) is 18.2 Å². The predicted octanol–water partition coefficient (Wildman–Crippen LogP) is 4.17. The summed E-state index contributed by atoms with van der Waals surface area (Å²) in [5, 5.41) is 17.8. The van der Waals surface area contributed by atoms with Crippen molar-refractivity contribution in [1.82, 2.24) is 0 Å². The first-order valence-corrected chi connectivity index (χ1v) is 6.82. The van der Waals surface area contributed by atoms with Crippen molar-refractivity contribution < 1.29 is 4.74 Å². The normalized spacial score (nSPS) is 11.4. The zero-order valence-electron chi connectivity index (χ0n) is 11.6. The lowest BCUT2D eigenvalue weighted by atomic mass is 10.1.